The molecule has 1 fully saturated rings. The second kappa shape index (κ2) is 7.93. The molecule has 28 heavy (non-hydrogen) atoms. The lowest BCUT2D eigenvalue weighted by Gasteiger charge is -2.14. The van der Waals surface area contributed by atoms with Crippen LogP contribution in [-0.4, -0.2) is 10.2 Å². The first-order valence-electron chi connectivity index (χ1n) is 8.01. The Morgan fingerprint density at radius 1 is 1.00 bits per heavy atom. The van der Waals surface area contributed by atoms with Crippen molar-refractivity contribution in [2.24, 2.45) is 0 Å². The van der Waals surface area contributed by atoms with Crippen molar-refractivity contribution >= 4 is 80.8 Å². The third-order valence-electron chi connectivity index (χ3n) is 3.96. The largest absolute Gasteiger partial charge is 0.457 e. The summed E-state index contributed by atoms with van der Waals surface area (Å²) in [4.78, 5) is 14.8. The molecule has 1 aliphatic heterocycles. The molecule has 0 aliphatic carbocycles. The molecular formula is C20H10Cl3NO2S2. The summed E-state index contributed by atoms with van der Waals surface area (Å²) in [5.41, 5.74) is 1.43. The monoisotopic (exact) mass is 465 g/mol. The van der Waals surface area contributed by atoms with Crippen molar-refractivity contribution in [3.63, 3.8) is 0 Å². The van der Waals surface area contributed by atoms with Crippen molar-refractivity contribution in [3.05, 3.63) is 80.3 Å². The summed E-state index contributed by atoms with van der Waals surface area (Å²) in [5.74, 6) is 0.938. The molecule has 8 heteroatoms. The van der Waals surface area contributed by atoms with E-state index in [4.69, 9.17) is 51.4 Å². The Balaban J connectivity index is 1.61. The van der Waals surface area contributed by atoms with Gasteiger partial charge >= 0.3 is 0 Å². The van der Waals surface area contributed by atoms with Crippen molar-refractivity contribution in [2.75, 3.05) is 4.90 Å². The first kappa shape index (κ1) is 19.6. The molecule has 0 unspecified atom stereocenters. The molecule has 0 radical (unpaired) electrons. The third kappa shape index (κ3) is 3.86. The van der Waals surface area contributed by atoms with E-state index in [1.54, 1.807) is 48.5 Å². The van der Waals surface area contributed by atoms with Crippen LogP contribution in [0.5, 0.6) is 0 Å². The summed E-state index contributed by atoms with van der Waals surface area (Å²) < 4.78 is 6.28. The summed E-state index contributed by atoms with van der Waals surface area (Å²) in [6, 6.07) is 15.8. The van der Waals surface area contributed by atoms with Gasteiger partial charge in [-0.2, -0.15) is 0 Å². The van der Waals surface area contributed by atoms with Gasteiger partial charge < -0.3 is 4.42 Å². The molecule has 0 bridgehead atoms. The minimum Gasteiger partial charge on any atom is -0.457 e. The van der Waals surface area contributed by atoms with Gasteiger partial charge in [0.15, 0.2) is 4.32 Å². The van der Waals surface area contributed by atoms with Crippen LogP contribution in [0.25, 0.3) is 17.4 Å². The topological polar surface area (TPSA) is 33.5 Å². The zero-order valence-corrected chi connectivity index (χ0v) is 17.9. The number of carbonyl (C=O) groups excluding carboxylic acids is 1. The molecule has 2 aromatic carbocycles. The molecule has 3 nitrogen and oxygen atoms in total. The van der Waals surface area contributed by atoms with Crippen LogP contribution in [0.1, 0.15) is 5.76 Å². The van der Waals surface area contributed by atoms with Crippen molar-refractivity contribution in [3.8, 4) is 11.3 Å². The van der Waals surface area contributed by atoms with E-state index in [2.05, 4.69) is 0 Å². The van der Waals surface area contributed by atoms with Crippen LogP contribution in [0, 0.1) is 0 Å². The molecule has 0 saturated carbocycles. The number of thioether (sulfide) groups is 1. The molecule has 1 aromatic heterocycles. The highest BCUT2D eigenvalue weighted by Gasteiger charge is 2.33. The first-order chi connectivity index (χ1) is 13.4. The van der Waals surface area contributed by atoms with Crippen LogP contribution in [0.4, 0.5) is 5.69 Å². The van der Waals surface area contributed by atoms with Gasteiger partial charge in [-0.15, -0.1) is 0 Å². The van der Waals surface area contributed by atoms with Gasteiger partial charge in [-0.3, -0.25) is 9.69 Å². The van der Waals surface area contributed by atoms with Crippen molar-refractivity contribution in [1.82, 2.24) is 0 Å². The maximum absolute atomic E-state index is 12.8. The lowest BCUT2D eigenvalue weighted by molar-refractivity contribution is -0.113. The van der Waals surface area contributed by atoms with Gasteiger partial charge in [0.2, 0.25) is 0 Å². The molecule has 3 aromatic rings. The van der Waals surface area contributed by atoms with Crippen LogP contribution >= 0.6 is 58.8 Å². The molecule has 2 heterocycles. The maximum Gasteiger partial charge on any atom is 0.270 e. The highest BCUT2D eigenvalue weighted by Crippen LogP contribution is 2.37. The van der Waals surface area contributed by atoms with Gasteiger partial charge in [-0.05, 0) is 48.5 Å². The van der Waals surface area contributed by atoms with Gasteiger partial charge in [-0.25, -0.2) is 0 Å². The van der Waals surface area contributed by atoms with E-state index >= 15 is 0 Å². The number of nitrogens with zero attached hydrogens (tertiary/aromatic N) is 1. The quantitative estimate of drug-likeness (QED) is 0.299. The summed E-state index contributed by atoms with van der Waals surface area (Å²) in [6.45, 7) is 0. The number of benzene rings is 2. The Morgan fingerprint density at radius 3 is 2.57 bits per heavy atom. The second-order valence-electron chi connectivity index (χ2n) is 5.83. The molecule has 1 saturated heterocycles. The van der Waals surface area contributed by atoms with Gasteiger partial charge in [0.05, 0.1) is 20.6 Å². The first-order valence-corrected chi connectivity index (χ1v) is 10.4. The fourth-order valence-electron chi connectivity index (χ4n) is 2.67. The van der Waals surface area contributed by atoms with Crippen LogP contribution in [0.3, 0.4) is 0 Å². The number of carbonyl (C=O) groups is 1. The average Bonchev–Trinajstić information content (AvgIpc) is 3.22. The van der Waals surface area contributed by atoms with Crippen molar-refractivity contribution < 1.29 is 9.21 Å². The number of rotatable bonds is 3. The van der Waals surface area contributed by atoms with Crippen LogP contribution in [0.15, 0.2) is 63.9 Å². The number of amides is 1. The van der Waals surface area contributed by atoms with E-state index in [9.17, 15) is 4.79 Å². The van der Waals surface area contributed by atoms with Crippen molar-refractivity contribution in [1.29, 1.82) is 0 Å². The van der Waals surface area contributed by atoms with Crippen LogP contribution < -0.4 is 4.90 Å². The van der Waals surface area contributed by atoms with Gasteiger partial charge in [0.25, 0.3) is 5.91 Å². The summed E-state index contributed by atoms with van der Waals surface area (Å²) in [7, 11) is 0. The smallest absolute Gasteiger partial charge is 0.270 e. The zero-order valence-electron chi connectivity index (χ0n) is 14.0. The lowest BCUT2D eigenvalue weighted by atomic mass is 10.2. The van der Waals surface area contributed by atoms with Gasteiger partial charge in [0.1, 0.15) is 11.5 Å². The number of hydrogen-bond acceptors (Lipinski definition) is 4. The van der Waals surface area contributed by atoms with Crippen molar-refractivity contribution in [2.45, 2.75) is 0 Å². The Hall–Kier alpha value is -1.76. The van der Waals surface area contributed by atoms with Crippen LogP contribution in [0.2, 0.25) is 15.1 Å². The minimum absolute atomic E-state index is 0.218. The standard InChI is InChI=1S/C20H10Cl3NO2S2/c21-12-2-1-3-13(9-12)24-19(25)18(28-20(24)27)10-14-5-7-17(26-14)11-4-6-15(22)16(23)8-11/h1-10H/b18-10+. The normalized spacial score (nSPS) is 15.7. The molecule has 0 spiro atoms. The molecular weight excluding hydrogens is 457 g/mol. The highest BCUT2D eigenvalue weighted by molar-refractivity contribution is 8.27. The third-order valence-corrected chi connectivity index (χ3v) is 6.24. The van der Waals surface area contributed by atoms with E-state index in [0.717, 1.165) is 5.56 Å². The molecule has 4 rings (SSSR count). The molecule has 0 atom stereocenters. The summed E-state index contributed by atoms with van der Waals surface area (Å²) >= 11 is 24.6. The van der Waals surface area contributed by atoms with E-state index < -0.39 is 0 Å². The molecule has 0 N–H and O–H groups in total. The lowest BCUT2D eigenvalue weighted by Crippen LogP contribution is -2.27. The number of thiocarbonyl (C=S) groups is 1. The maximum atomic E-state index is 12.8. The highest BCUT2D eigenvalue weighted by atomic mass is 35.5. The number of furan rings is 1. The SMILES string of the molecule is O=C1/C(=C\c2ccc(-c3ccc(Cl)c(Cl)c3)o2)SC(=S)N1c1cccc(Cl)c1. The van der Waals surface area contributed by atoms with E-state index in [1.807, 2.05) is 12.1 Å². The van der Waals surface area contributed by atoms with E-state index in [1.165, 1.54) is 16.7 Å². The Morgan fingerprint density at radius 2 is 1.82 bits per heavy atom. The van der Waals surface area contributed by atoms with E-state index in [0.29, 0.717) is 41.5 Å². The number of anilines is 1. The predicted octanol–water partition coefficient (Wildman–Crippen LogP) is 7.31. The number of halogens is 3. The van der Waals surface area contributed by atoms with Gasteiger partial charge in [0, 0.05) is 16.7 Å². The fraction of sp³-hybridized carbons (Fsp3) is 0. The number of hydrogen-bond donors (Lipinski definition) is 0. The Kier molecular flexibility index (Phi) is 5.54. The second-order valence-corrected chi connectivity index (χ2v) is 8.75. The fourth-order valence-corrected chi connectivity index (χ4v) is 4.43. The average molecular weight is 467 g/mol. The van der Waals surface area contributed by atoms with Gasteiger partial charge in [-0.1, -0.05) is 64.8 Å². The predicted molar refractivity (Wildman–Crippen MR) is 121 cm³/mol. The molecule has 1 amide bonds. The Bertz CT molecular complexity index is 1140. The zero-order chi connectivity index (χ0) is 19.8. The summed E-state index contributed by atoms with van der Waals surface area (Å²) in [6.07, 6.45) is 1.67. The molecule has 1 aliphatic rings. The Labute approximate surface area is 185 Å². The van der Waals surface area contributed by atoms with Crippen LogP contribution in [-0.2, 0) is 4.79 Å². The summed E-state index contributed by atoms with van der Waals surface area (Å²) in [5, 5.41) is 1.45. The van der Waals surface area contributed by atoms with E-state index in [-0.39, 0.29) is 5.91 Å². The molecule has 140 valence electrons. The minimum atomic E-state index is -0.218.